The Morgan fingerprint density at radius 1 is 1.10 bits per heavy atom. The number of ether oxygens (including phenoxy) is 1. The number of anilines is 2. The smallest absolute Gasteiger partial charge is 0.323 e. The highest BCUT2D eigenvalue weighted by atomic mass is 16.5. The van der Waals surface area contributed by atoms with Crippen LogP contribution in [0, 0.1) is 0 Å². The second kappa shape index (κ2) is 7.31. The van der Waals surface area contributed by atoms with E-state index in [4.69, 9.17) is 4.74 Å². The number of para-hydroxylation sites is 1. The zero-order valence-corrected chi connectivity index (χ0v) is 11.8. The maximum atomic E-state index is 11.9. The summed E-state index contributed by atoms with van der Waals surface area (Å²) in [5.74, 6) is 0.532. The predicted octanol–water partition coefficient (Wildman–Crippen LogP) is 3.31. The lowest BCUT2D eigenvalue weighted by Gasteiger charge is -2.12. The van der Waals surface area contributed by atoms with Crippen molar-refractivity contribution in [3.63, 3.8) is 0 Å². The first-order chi connectivity index (χ1) is 10.2. The van der Waals surface area contributed by atoms with E-state index in [1.165, 1.54) is 7.11 Å². The number of methoxy groups -OCH3 is 1. The molecular weight excluding hydrogens is 268 g/mol. The molecule has 2 aromatic carbocycles. The van der Waals surface area contributed by atoms with E-state index in [-0.39, 0.29) is 12.6 Å². The fourth-order valence-corrected chi connectivity index (χ4v) is 1.92. The van der Waals surface area contributed by atoms with E-state index in [9.17, 15) is 9.90 Å². The monoisotopic (exact) mass is 285 g/mol. The highest BCUT2D eigenvalue weighted by Gasteiger charge is 2.08. The fraction of sp³-hybridized carbons (Fsp3) is 0.188. The minimum atomic E-state index is -0.351. The molecule has 0 aliphatic rings. The highest BCUT2D eigenvalue weighted by molar-refractivity contribution is 6.00. The van der Waals surface area contributed by atoms with Crippen LogP contribution in [0.2, 0.25) is 0 Å². The van der Waals surface area contributed by atoms with Gasteiger partial charge in [0.15, 0.2) is 0 Å². The molecule has 21 heavy (non-hydrogen) atoms. The van der Waals surface area contributed by atoms with Crippen molar-refractivity contribution in [1.29, 1.82) is 0 Å². The average molecular weight is 285 g/mol. The summed E-state index contributed by atoms with van der Waals surface area (Å²) in [6, 6.07) is 14.1. The summed E-state index contributed by atoms with van der Waals surface area (Å²) >= 11 is 0. The van der Waals surface area contributed by atoms with Gasteiger partial charge < -0.3 is 15.4 Å². The summed E-state index contributed by atoms with van der Waals surface area (Å²) < 4.78 is 5.24. The maximum Gasteiger partial charge on any atom is 0.323 e. The zero-order valence-electron chi connectivity index (χ0n) is 11.8. The van der Waals surface area contributed by atoms with Crippen molar-refractivity contribution in [3.05, 3.63) is 54.1 Å². The number of benzene rings is 2. The average Bonchev–Trinajstić information content (AvgIpc) is 2.50. The summed E-state index contributed by atoms with van der Waals surface area (Å²) in [7, 11) is 1.52. The van der Waals surface area contributed by atoms with Crippen LogP contribution in [-0.4, -0.2) is 19.7 Å². The van der Waals surface area contributed by atoms with Crippen LogP contribution < -0.4 is 15.4 Å². The number of carbonyl (C=O) groups excluding carboxylic acids is 1. The summed E-state index contributed by atoms with van der Waals surface area (Å²) in [5.41, 5.74) is 2.15. The van der Waals surface area contributed by atoms with Gasteiger partial charge in [-0.2, -0.15) is 0 Å². The van der Waals surface area contributed by atoms with Crippen LogP contribution in [0.4, 0.5) is 16.2 Å². The summed E-state index contributed by atoms with van der Waals surface area (Å²) in [6.07, 6.45) is 0.437. The molecule has 0 aromatic heterocycles. The molecular formula is C16H17N2O3. The molecule has 0 aliphatic carbocycles. The van der Waals surface area contributed by atoms with Crippen molar-refractivity contribution in [2.24, 2.45) is 0 Å². The van der Waals surface area contributed by atoms with Gasteiger partial charge in [0, 0.05) is 5.69 Å². The number of urea groups is 1. The summed E-state index contributed by atoms with van der Waals surface area (Å²) in [5, 5.41) is 16.1. The van der Waals surface area contributed by atoms with Crippen molar-refractivity contribution < 1.29 is 14.6 Å². The molecule has 0 saturated heterocycles. The molecule has 5 heteroatoms. The number of hydrogen-bond acceptors (Lipinski definition) is 2. The van der Waals surface area contributed by atoms with Gasteiger partial charge in [-0.15, -0.1) is 0 Å². The van der Waals surface area contributed by atoms with Crippen LogP contribution >= 0.6 is 0 Å². The molecule has 0 fully saturated rings. The lowest BCUT2D eigenvalue weighted by Crippen LogP contribution is -2.19. The van der Waals surface area contributed by atoms with E-state index in [2.05, 4.69) is 10.6 Å². The van der Waals surface area contributed by atoms with Crippen LogP contribution in [0.15, 0.2) is 48.5 Å². The molecule has 2 amide bonds. The quantitative estimate of drug-likeness (QED) is 0.884. The highest BCUT2D eigenvalue weighted by Crippen LogP contribution is 2.26. The van der Waals surface area contributed by atoms with E-state index in [0.717, 1.165) is 5.56 Å². The molecule has 5 nitrogen and oxygen atoms in total. The first kappa shape index (κ1) is 14.9. The lowest BCUT2D eigenvalue weighted by atomic mass is 10.1. The molecule has 0 bridgehead atoms. The van der Waals surface area contributed by atoms with E-state index < -0.39 is 0 Å². The van der Waals surface area contributed by atoms with Crippen LogP contribution in [-0.2, 0) is 11.5 Å². The Morgan fingerprint density at radius 2 is 1.86 bits per heavy atom. The first-order valence-corrected chi connectivity index (χ1v) is 6.61. The van der Waals surface area contributed by atoms with Crippen molar-refractivity contribution in [2.75, 3.05) is 24.4 Å². The van der Waals surface area contributed by atoms with Gasteiger partial charge in [-0.1, -0.05) is 24.3 Å². The molecule has 2 N–H and O–H groups in total. The molecule has 109 valence electrons. The lowest BCUT2D eigenvalue weighted by molar-refractivity contribution is 0.197. The van der Waals surface area contributed by atoms with Gasteiger partial charge in [0.05, 0.1) is 19.4 Å². The van der Waals surface area contributed by atoms with Gasteiger partial charge in [-0.3, -0.25) is 0 Å². The van der Waals surface area contributed by atoms with Crippen molar-refractivity contribution in [2.45, 2.75) is 6.42 Å². The third-order valence-corrected chi connectivity index (χ3v) is 2.94. The fourth-order valence-electron chi connectivity index (χ4n) is 1.92. The number of amides is 2. The molecule has 0 atom stereocenters. The Balaban J connectivity index is 2.06. The number of hydrogen-bond donors (Lipinski definition) is 2. The van der Waals surface area contributed by atoms with Gasteiger partial charge in [0.2, 0.25) is 0 Å². The molecule has 0 heterocycles. The third kappa shape index (κ3) is 4.22. The van der Waals surface area contributed by atoms with Gasteiger partial charge in [-0.25, -0.2) is 9.90 Å². The zero-order chi connectivity index (χ0) is 15.1. The van der Waals surface area contributed by atoms with E-state index in [1.54, 1.807) is 30.3 Å². The topological polar surface area (TPSA) is 70.3 Å². The molecule has 0 spiro atoms. The van der Waals surface area contributed by atoms with Gasteiger partial charge in [0.25, 0.3) is 0 Å². The maximum absolute atomic E-state index is 11.9. The third-order valence-electron chi connectivity index (χ3n) is 2.94. The van der Waals surface area contributed by atoms with Crippen LogP contribution in [0.3, 0.4) is 0 Å². The Bertz CT molecular complexity index is 600. The van der Waals surface area contributed by atoms with Crippen molar-refractivity contribution >= 4 is 17.4 Å². The predicted molar refractivity (Wildman–Crippen MR) is 81.3 cm³/mol. The standard InChI is InChI=1S/C16H17N2O3/c1-21-15-11-12(9-10-19)7-8-14(15)18-16(20)17-13-5-3-2-4-6-13/h2-8,11H,9-10H2,1H3,(H2,17,18,20). The molecule has 0 unspecified atom stereocenters. The van der Waals surface area contributed by atoms with Crippen LogP contribution in [0.1, 0.15) is 5.56 Å². The Morgan fingerprint density at radius 3 is 2.52 bits per heavy atom. The molecule has 2 aromatic rings. The van der Waals surface area contributed by atoms with E-state index in [1.807, 2.05) is 18.2 Å². The largest absolute Gasteiger partial charge is 0.495 e. The van der Waals surface area contributed by atoms with Crippen molar-refractivity contribution in [1.82, 2.24) is 0 Å². The van der Waals surface area contributed by atoms with E-state index in [0.29, 0.717) is 23.5 Å². The van der Waals surface area contributed by atoms with Crippen LogP contribution in [0.25, 0.3) is 0 Å². The Hall–Kier alpha value is -2.53. The van der Waals surface area contributed by atoms with Crippen LogP contribution in [0.5, 0.6) is 5.75 Å². The molecule has 2 rings (SSSR count). The van der Waals surface area contributed by atoms with E-state index >= 15 is 0 Å². The minimum absolute atomic E-state index is 0.176. The Kier molecular flexibility index (Phi) is 5.17. The minimum Gasteiger partial charge on any atom is -0.495 e. The number of carbonyl (C=O) groups is 1. The number of rotatable bonds is 5. The SMILES string of the molecule is COc1cc(CC[O])ccc1NC(=O)Nc1ccccc1. The summed E-state index contributed by atoms with van der Waals surface area (Å²) in [6.45, 7) is -0.176. The number of nitrogens with one attached hydrogen (secondary N) is 2. The van der Waals surface area contributed by atoms with Gasteiger partial charge in [0.1, 0.15) is 5.75 Å². The molecule has 1 radical (unpaired) electrons. The van der Waals surface area contributed by atoms with Gasteiger partial charge in [-0.05, 0) is 36.2 Å². The first-order valence-electron chi connectivity index (χ1n) is 6.61. The Labute approximate surface area is 123 Å². The van der Waals surface area contributed by atoms with Gasteiger partial charge >= 0.3 is 6.03 Å². The van der Waals surface area contributed by atoms with Crippen molar-refractivity contribution in [3.8, 4) is 5.75 Å². The second-order valence-corrected chi connectivity index (χ2v) is 4.43. The second-order valence-electron chi connectivity index (χ2n) is 4.43. The molecule has 0 saturated carbocycles. The molecule has 0 aliphatic heterocycles. The normalized spacial score (nSPS) is 10.0. The summed E-state index contributed by atoms with van der Waals surface area (Å²) in [4.78, 5) is 11.9.